The van der Waals surface area contributed by atoms with Crippen LogP contribution in [0.2, 0.25) is 0 Å². The normalized spacial score (nSPS) is 12.8. The molecule has 0 radical (unpaired) electrons. The molecule has 0 aliphatic carbocycles. The van der Waals surface area contributed by atoms with E-state index in [0.717, 1.165) is 0 Å². The number of unbranched alkanes of at least 4 members (excludes halogenated alkanes) is 8. The smallest absolute Gasteiger partial charge is 0.0278 e. The molecule has 0 aliphatic heterocycles. The Bertz CT molecular complexity index is 224. The Labute approximate surface area is 140 Å². The van der Waals surface area contributed by atoms with Gasteiger partial charge in [0, 0.05) is 6.04 Å². The molecule has 2 heteroatoms. The Hall–Kier alpha value is -0.0100. The average Bonchev–Trinajstić information content (AvgIpc) is 2.49. The highest BCUT2D eigenvalue weighted by Crippen LogP contribution is 2.36. The van der Waals surface area contributed by atoms with E-state index >= 15 is 0 Å². The van der Waals surface area contributed by atoms with Gasteiger partial charge >= 0.3 is 0 Å². The van der Waals surface area contributed by atoms with Crippen LogP contribution in [0.15, 0.2) is 12.7 Å². The van der Waals surface area contributed by atoms with Crippen molar-refractivity contribution in [2.24, 2.45) is 11.1 Å². The lowest BCUT2D eigenvalue weighted by atomic mass is 9.72. The Morgan fingerprint density at radius 1 is 0.857 bits per heavy atom. The number of nitrogens with two attached hydrogens (primary N) is 1. The summed E-state index contributed by atoms with van der Waals surface area (Å²) in [5.74, 6) is 0. The first kappa shape index (κ1) is 23.3. The van der Waals surface area contributed by atoms with E-state index < -0.39 is 0 Å². The van der Waals surface area contributed by atoms with Gasteiger partial charge in [-0.1, -0.05) is 84.6 Å². The lowest BCUT2D eigenvalue weighted by Gasteiger charge is -2.36. The molecule has 0 aliphatic rings. The van der Waals surface area contributed by atoms with Crippen molar-refractivity contribution in [1.82, 2.24) is 0 Å². The summed E-state index contributed by atoms with van der Waals surface area (Å²) in [6, 6.07) is 0.159. The summed E-state index contributed by atoms with van der Waals surface area (Å²) < 4.78 is 0. The van der Waals surface area contributed by atoms with E-state index in [-0.39, 0.29) is 18.4 Å². The molecule has 128 valence electrons. The van der Waals surface area contributed by atoms with Crippen LogP contribution in [0.4, 0.5) is 0 Å². The monoisotopic (exact) mass is 317 g/mol. The number of rotatable bonds is 14. The quantitative estimate of drug-likeness (QED) is 0.282. The van der Waals surface area contributed by atoms with Crippen LogP contribution < -0.4 is 5.73 Å². The van der Waals surface area contributed by atoms with Gasteiger partial charge in [0.05, 0.1) is 0 Å². The predicted molar refractivity (Wildman–Crippen MR) is 100 cm³/mol. The van der Waals surface area contributed by atoms with Crippen LogP contribution in [0.5, 0.6) is 0 Å². The third kappa shape index (κ3) is 9.58. The maximum atomic E-state index is 6.26. The van der Waals surface area contributed by atoms with Gasteiger partial charge in [-0.15, -0.1) is 19.0 Å². The highest BCUT2D eigenvalue weighted by molar-refractivity contribution is 5.85. The van der Waals surface area contributed by atoms with Gasteiger partial charge in [-0.2, -0.15) is 0 Å². The molecule has 0 amide bonds. The molecule has 0 aromatic carbocycles. The molecule has 0 aromatic rings. The molecule has 21 heavy (non-hydrogen) atoms. The third-order valence-electron chi connectivity index (χ3n) is 5.15. The fourth-order valence-electron chi connectivity index (χ4n) is 3.28. The minimum absolute atomic E-state index is 0. The molecule has 0 saturated heterocycles. The summed E-state index contributed by atoms with van der Waals surface area (Å²) in [5, 5.41) is 0. The lowest BCUT2D eigenvalue weighted by Crippen LogP contribution is -2.39. The maximum absolute atomic E-state index is 6.26. The van der Waals surface area contributed by atoms with Crippen LogP contribution in [0.3, 0.4) is 0 Å². The van der Waals surface area contributed by atoms with E-state index in [1.165, 1.54) is 77.0 Å². The van der Waals surface area contributed by atoms with E-state index in [1.54, 1.807) is 0 Å². The standard InChI is InChI=1S/C19H39N.ClH/c1-5-9-10-11-12-13-14-15-16-17-19(7-3,8-4)18(20)6-2;/h6,18H,2,5,7-17,20H2,1,3-4H3;1H. The Kier molecular flexibility index (Phi) is 16.5. The first-order chi connectivity index (χ1) is 9.66. The zero-order valence-electron chi connectivity index (χ0n) is 14.8. The fourth-order valence-corrected chi connectivity index (χ4v) is 3.28. The number of hydrogen-bond donors (Lipinski definition) is 1. The summed E-state index contributed by atoms with van der Waals surface area (Å²) in [7, 11) is 0. The summed E-state index contributed by atoms with van der Waals surface area (Å²) in [5.41, 5.74) is 6.56. The number of hydrogen-bond acceptors (Lipinski definition) is 1. The minimum Gasteiger partial charge on any atom is -0.324 e. The summed E-state index contributed by atoms with van der Waals surface area (Å²) >= 11 is 0. The minimum atomic E-state index is 0. The van der Waals surface area contributed by atoms with Gasteiger partial charge < -0.3 is 5.73 Å². The molecular formula is C19H40ClN. The van der Waals surface area contributed by atoms with E-state index in [0.29, 0.717) is 5.41 Å². The molecule has 0 spiro atoms. The fraction of sp³-hybridized carbons (Fsp3) is 0.895. The highest BCUT2D eigenvalue weighted by atomic mass is 35.5. The summed E-state index contributed by atoms with van der Waals surface area (Å²) in [4.78, 5) is 0. The van der Waals surface area contributed by atoms with Crippen LogP contribution in [-0.4, -0.2) is 6.04 Å². The molecule has 0 saturated carbocycles. The van der Waals surface area contributed by atoms with Crippen LogP contribution in [-0.2, 0) is 0 Å². The maximum Gasteiger partial charge on any atom is 0.0278 e. The van der Waals surface area contributed by atoms with Gasteiger partial charge in [0.15, 0.2) is 0 Å². The Balaban J connectivity index is 0. The second-order valence-corrected chi connectivity index (χ2v) is 6.41. The van der Waals surface area contributed by atoms with Crippen molar-refractivity contribution in [3.05, 3.63) is 12.7 Å². The van der Waals surface area contributed by atoms with Crippen molar-refractivity contribution in [3.8, 4) is 0 Å². The molecule has 2 N–H and O–H groups in total. The Morgan fingerprint density at radius 2 is 1.29 bits per heavy atom. The van der Waals surface area contributed by atoms with Crippen LogP contribution in [0, 0.1) is 5.41 Å². The molecule has 0 rings (SSSR count). The molecule has 1 atom stereocenters. The second kappa shape index (κ2) is 14.9. The van der Waals surface area contributed by atoms with Crippen LogP contribution in [0.25, 0.3) is 0 Å². The van der Waals surface area contributed by atoms with E-state index in [2.05, 4.69) is 27.4 Å². The van der Waals surface area contributed by atoms with Crippen molar-refractivity contribution in [3.63, 3.8) is 0 Å². The molecular weight excluding hydrogens is 278 g/mol. The first-order valence-corrected chi connectivity index (χ1v) is 9.05. The average molecular weight is 318 g/mol. The van der Waals surface area contributed by atoms with Crippen molar-refractivity contribution in [1.29, 1.82) is 0 Å². The largest absolute Gasteiger partial charge is 0.324 e. The summed E-state index contributed by atoms with van der Waals surface area (Å²) in [6.45, 7) is 10.7. The van der Waals surface area contributed by atoms with Crippen LogP contribution >= 0.6 is 12.4 Å². The van der Waals surface area contributed by atoms with Crippen molar-refractivity contribution in [2.75, 3.05) is 0 Å². The van der Waals surface area contributed by atoms with Gasteiger partial charge in [-0.3, -0.25) is 0 Å². The molecule has 0 bridgehead atoms. The van der Waals surface area contributed by atoms with Gasteiger partial charge in [-0.05, 0) is 24.7 Å². The highest BCUT2D eigenvalue weighted by Gasteiger charge is 2.30. The van der Waals surface area contributed by atoms with Crippen LogP contribution in [0.1, 0.15) is 97.8 Å². The van der Waals surface area contributed by atoms with Gasteiger partial charge in [0.25, 0.3) is 0 Å². The molecule has 0 fully saturated rings. The third-order valence-corrected chi connectivity index (χ3v) is 5.15. The second-order valence-electron chi connectivity index (χ2n) is 6.41. The van der Waals surface area contributed by atoms with Crippen molar-refractivity contribution in [2.45, 2.75) is 104 Å². The van der Waals surface area contributed by atoms with Gasteiger partial charge in [-0.25, -0.2) is 0 Å². The summed E-state index contributed by atoms with van der Waals surface area (Å²) in [6.07, 6.45) is 18.1. The molecule has 1 nitrogen and oxygen atoms in total. The topological polar surface area (TPSA) is 26.0 Å². The molecule has 0 aromatic heterocycles. The Morgan fingerprint density at radius 3 is 1.67 bits per heavy atom. The van der Waals surface area contributed by atoms with E-state index in [9.17, 15) is 0 Å². The zero-order chi connectivity index (χ0) is 15.3. The number of halogens is 1. The predicted octanol–water partition coefficient (Wildman–Crippen LogP) is 6.65. The SMILES string of the molecule is C=CC(N)C(CC)(CC)CCCCCCCCCCC.Cl. The van der Waals surface area contributed by atoms with Gasteiger partial charge in [0.1, 0.15) is 0 Å². The van der Waals surface area contributed by atoms with E-state index in [4.69, 9.17) is 5.73 Å². The molecule has 1 unspecified atom stereocenters. The molecule has 0 heterocycles. The van der Waals surface area contributed by atoms with Crippen molar-refractivity contribution >= 4 is 12.4 Å². The van der Waals surface area contributed by atoms with E-state index in [1.807, 2.05) is 6.08 Å². The van der Waals surface area contributed by atoms with Crippen molar-refractivity contribution < 1.29 is 0 Å². The van der Waals surface area contributed by atoms with Gasteiger partial charge in [0.2, 0.25) is 0 Å². The first-order valence-electron chi connectivity index (χ1n) is 9.05. The zero-order valence-corrected chi connectivity index (χ0v) is 15.6. The lowest BCUT2D eigenvalue weighted by molar-refractivity contribution is 0.203.